The highest BCUT2D eigenvalue weighted by molar-refractivity contribution is 7.91. The van der Waals surface area contributed by atoms with Crippen LogP contribution in [-0.4, -0.2) is 85.8 Å². The number of carbonyl (C=O) groups is 1. The number of furan rings is 1. The maximum Gasteiger partial charge on any atom is 0.236 e. The quantitative estimate of drug-likeness (QED) is 0.751. The lowest BCUT2D eigenvalue weighted by Gasteiger charge is -2.38. The van der Waals surface area contributed by atoms with Crippen molar-refractivity contribution in [1.29, 1.82) is 0 Å². The molecule has 4 heterocycles. The van der Waals surface area contributed by atoms with Crippen LogP contribution in [0.2, 0.25) is 0 Å². The standard InChI is InChI=1S/C20H31N3O4S/c24-20(15-23-8-3-1-2-5-18(23)19-6-4-13-27-19)22-11-9-21(10-12-22)17-7-14-28(25,26)16-17/h4,6,13,17-18H,1-3,5,7-12,14-16H2. The first-order valence-corrected chi connectivity index (χ1v) is 12.3. The van der Waals surface area contributed by atoms with Gasteiger partial charge in [0.25, 0.3) is 0 Å². The molecule has 28 heavy (non-hydrogen) atoms. The van der Waals surface area contributed by atoms with E-state index in [1.54, 1.807) is 6.26 Å². The zero-order chi connectivity index (χ0) is 19.6. The molecule has 3 aliphatic heterocycles. The van der Waals surface area contributed by atoms with Gasteiger partial charge in [-0.15, -0.1) is 0 Å². The summed E-state index contributed by atoms with van der Waals surface area (Å²) >= 11 is 0. The monoisotopic (exact) mass is 409 g/mol. The van der Waals surface area contributed by atoms with Gasteiger partial charge in [-0.2, -0.15) is 0 Å². The third-order valence-corrected chi connectivity index (χ3v) is 8.22. The predicted molar refractivity (Wildman–Crippen MR) is 107 cm³/mol. The molecule has 3 fully saturated rings. The number of sulfone groups is 1. The molecule has 0 saturated carbocycles. The molecule has 156 valence electrons. The highest BCUT2D eigenvalue weighted by Gasteiger charge is 2.35. The van der Waals surface area contributed by atoms with Crippen LogP contribution < -0.4 is 0 Å². The van der Waals surface area contributed by atoms with E-state index in [0.29, 0.717) is 25.4 Å². The van der Waals surface area contributed by atoms with Crippen molar-refractivity contribution in [3.8, 4) is 0 Å². The highest BCUT2D eigenvalue weighted by Crippen LogP contribution is 2.30. The van der Waals surface area contributed by atoms with Gasteiger partial charge in [-0.25, -0.2) is 8.42 Å². The maximum absolute atomic E-state index is 13.0. The Kier molecular flexibility index (Phi) is 6.08. The lowest BCUT2D eigenvalue weighted by molar-refractivity contribution is -0.135. The Hall–Kier alpha value is -1.38. The summed E-state index contributed by atoms with van der Waals surface area (Å²) in [6.07, 6.45) is 6.96. The summed E-state index contributed by atoms with van der Waals surface area (Å²) in [5, 5.41) is 0. The SMILES string of the molecule is O=C(CN1CCCCCC1c1ccco1)N1CCN(C2CCS(=O)(=O)C2)CC1. The van der Waals surface area contributed by atoms with Gasteiger partial charge in [0, 0.05) is 32.2 Å². The van der Waals surface area contributed by atoms with E-state index in [2.05, 4.69) is 9.80 Å². The van der Waals surface area contributed by atoms with Gasteiger partial charge in [0.2, 0.25) is 5.91 Å². The molecule has 3 saturated heterocycles. The molecule has 0 aliphatic carbocycles. The molecule has 1 amide bonds. The average molecular weight is 410 g/mol. The van der Waals surface area contributed by atoms with Crippen LogP contribution >= 0.6 is 0 Å². The van der Waals surface area contributed by atoms with E-state index in [-0.39, 0.29) is 23.7 Å². The van der Waals surface area contributed by atoms with Gasteiger partial charge >= 0.3 is 0 Å². The van der Waals surface area contributed by atoms with Crippen LogP contribution in [0.25, 0.3) is 0 Å². The minimum Gasteiger partial charge on any atom is -0.468 e. The first-order valence-electron chi connectivity index (χ1n) is 10.5. The number of piperazine rings is 1. The summed E-state index contributed by atoms with van der Waals surface area (Å²) in [5.74, 6) is 1.72. The van der Waals surface area contributed by atoms with E-state index in [4.69, 9.17) is 4.42 Å². The number of hydrogen-bond acceptors (Lipinski definition) is 6. The first-order chi connectivity index (χ1) is 13.5. The Balaban J connectivity index is 1.32. The molecule has 2 unspecified atom stereocenters. The molecule has 2 atom stereocenters. The largest absolute Gasteiger partial charge is 0.468 e. The summed E-state index contributed by atoms with van der Waals surface area (Å²) in [5.41, 5.74) is 0. The second kappa shape index (κ2) is 8.55. The predicted octanol–water partition coefficient (Wildman–Crippen LogP) is 1.53. The molecule has 0 bridgehead atoms. The summed E-state index contributed by atoms with van der Waals surface area (Å²) < 4.78 is 29.1. The fraction of sp³-hybridized carbons (Fsp3) is 0.750. The van der Waals surface area contributed by atoms with Crippen LogP contribution in [0.4, 0.5) is 0 Å². The van der Waals surface area contributed by atoms with Crippen LogP contribution in [0, 0.1) is 0 Å². The molecule has 0 aromatic carbocycles. The Labute approximate surface area is 167 Å². The Morgan fingerprint density at radius 2 is 1.89 bits per heavy atom. The van der Waals surface area contributed by atoms with Crippen molar-refractivity contribution in [2.75, 3.05) is 50.8 Å². The fourth-order valence-electron chi connectivity index (χ4n) is 4.83. The van der Waals surface area contributed by atoms with Gasteiger partial charge in [0.15, 0.2) is 9.84 Å². The molecule has 4 rings (SSSR count). The first kappa shape index (κ1) is 19.9. The zero-order valence-corrected chi connectivity index (χ0v) is 17.3. The minimum atomic E-state index is -2.86. The number of nitrogens with zero attached hydrogens (tertiary/aromatic N) is 3. The van der Waals surface area contributed by atoms with Crippen LogP contribution in [0.3, 0.4) is 0 Å². The third-order valence-electron chi connectivity index (χ3n) is 6.47. The Bertz CT molecular complexity index is 756. The van der Waals surface area contributed by atoms with E-state index in [9.17, 15) is 13.2 Å². The van der Waals surface area contributed by atoms with Gasteiger partial charge < -0.3 is 9.32 Å². The minimum absolute atomic E-state index is 0.135. The van der Waals surface area contributed by atoms with E-state index < -0.39 is 9.84 Å². The van der Waals surface area contributed by atoms with Crippen LogP contribution in [-0.2, 0) is 14.6 Å². The van der Waals surface area contributed by atoms with Gasteiger partial charge in [0.1, 0.15) is 5.76 Å². The van der Waals surface area contributed by atoms with Crippen molar-refractivity contribution in [1.82, 2.24) is 14.7 Å². The second-order valence-corrected chi connectivity index (χ2v) is 10.6. The van der Waals surface area contributed by atoms with Crippen LogP contribution in [0.5, 0.6) is 0 Å². The van der Waals surface area contributed by atoms with E-state index in [0.717, 1.165) is 44.7 Å². The van der Waals surface area contributed by atoms with Gasteiger partial charge in [-0.3, -0.25) is 14.6 Å². The molecular weight excluding hydrogens is 378 g/mol. The molecule has 7 nitrogen and oxygen atoms in total. The number of carbonyl (C=O) groups excluding carboxylic acids is 1. The molecule has 3 aliphatic rings. The topological polar surface area (TPSA) is 74.1 Å². The van der Waals surface area contributed by atoms with Crippen molar-refractivity contribution in [3.63, 3.8) is 0 Å². The van der Waals surface area contributed by atoms with Crippen LogP contribution in [0.15, 0.2) is 22.8 Å². The molecule has 0 spiro atoms. The normalized spacial score (nSPS) is 29.6. The summed E-state index contributed by atoms with van der Waals surface area (Å²) in [7, 11) is -2.86. The summed E-state index contributed by atoms with van der Waals surface area (Å²) in [4.78, 5) is 19.5. The van der Waals surface area contributed by atoms with E-state index in [1.807, 2.05) is 17.0 Å². The van der Waals surface area contributed by atoms with Crippen molar-refractivity contribution in [2.24, 2.45) is 0 Å². The lowest BCUT2D eigenvalue weighted by Crippen LogP contribution is -2.54. The average Bonchev–Trinajstić information content (AvgIpc) is 3.28. The third kappa shape index (κ3) is 4.60. The van der Waals surface area contributed by atoms with Crippen molar-refractivity contribution in [2.45, 2.75) is 44.2 Å². The smallest absolute Gasteiger partial charge is 0.236 e. The number of likely N-dealkylation sites (tertiary alicyclic amines) is 1. The Morgan fingerprint density at radius 1 is 1.07 bits per heavy atom. The zero-order valence-electron chi connectivity index (χ0n) is 16.5. The second-order valence-electron chi connectivity index (χ2n) is 8.32. The number of rotatable bonds is 4. The molecule has 1 aromatic rings. The van der Waals surface area contributed by atoms with Crippen molar-refractivity contribution in [3.05, 3.63) is 24.2 Å². The molecule has 0 radical (unpaired) electrons. The van der Waals surface area contributed by atoms with Gasteiger partial charge in [-0.1, -0.05) is 12.8 Å². The Morgan fingerprint density at radius 3 is 2.57 bits per heavy atom. The molecule has 1 aromatic heterocycles. The van der Waals surface area contributed by atoms with Crippen molar-refractivity contribution >= 4 is 15.7 Å². The molecule has 8 heteroatoms. The molecule has 0 N–H and O–H groups in total. The summed E-state index contributed by atoms with van der Waals surface area (Å²) in [6, 6.07) is 4.26. The van der Waals surface area contributed by atoms with Crippen molar-refractivity contribution < 1.29 is 17.6 Å². The van der Waals surface area contributed by atoms with Gasteiger partial charge in [0.05, 0.1) is 30.4 Å². The maximum atomic E-state index is 13.0. The van der Waals surface area contributed by atoms with E-state index >= 15 is 0 Å². The highest BCUT2D eigenvalue weighted by atomic mass is 32.2. The molecular formula is C20H31N3O4S. The van der Waals surface area contributed by atoms with E-state index in [1.165, 1.54) is 12.8 Å². The fourth-order valence-corrected chi connectivity index (χ4v) is 6.60. The number of hydrogen-bond donors (Lipinski definition) is 0. The van der Waals surface area contributed by atoms with Gasteiger partial charge in [-0.05, 0) is 37.9 Å². The number of amides is 1. The van der Waals surface area contributed by atoms with Crippen LogP contribution in [0.1, 0.15) is 43.9 Å². The summed E-state index contributed by atoms with van der Waals surface area (Å²) in [6.45, 7) is 4.28. The lowest BCUT2D eigenvalue weighted by atomic mass is 10.1.